The van der Waals surface area contributed by atoms with Crippen LogP contribution in [0.25, 0.3) is 11.1 Å². The summed E-state index contributed by atoms with van der Waals surface area (Å²) in [7, 11) is 0. The minimum absolute atomic E-state index is 0.0579. The minimum Gasteiger partial charge on any atom is -0.457 e. The van der Waals surface area contributed by atoms with Crippen LogP contribution in [-0.2, 0) is 20.9 Å². The van der Waals surface area contributed by atoms with Gasteiger partial charge in [-0.2, -0.15) is 0 Å². The van der Waals surface area contributed by atoms with E-state index in [0.29, 0.717) is 29.8 Å². The number of allylic oxidation sites excluding steroid dienone is 1. The van der Waals surface area contributed by atoms with Crippen molar-refractivity contribution in [1.29, 1.82) is 0 Å². The number of cyclic esters (lactones) is 1. The number of nitrogens with zero attached hydrogens (tertiary/aromatic N) is 1. The van der Waals surface area contributed by atoms with Crippen molar-refractivity contribution in [1.82, 2.24) is 4.98 Å². The van der Waals surface area contributed by atoms with Gasteiger partial charge < -0.3 is 25.1 Å². The van der Waals surface area contributed by atoms with E-state index in [0.717, 1.165) is 24.0 Å². The topological polar surface area (TPSA) is 136 Å². The number of esters is 1. The van der Waals surface area contributed by atoms with Gasteiger partial charge in [-0.1, -0.05) is 38.5 Å². The van der Waals surface area contributed by atoms with Gasteiger partial charge in [-0.3, -0.25) is 9.59 Å². The molecule has 1 aromatic carbocycles. The zero-order valence-corrected chi connectivity index (χ0v) is 22.8. The molecule has 1 aromatic heterocycles. The Kier molecular flexibility index (Phi) is 9.88. The van der Waals surface area contributed by atoms with Gasteiger partial charge in [0.15, 0.2) is 5.58 Å². The van der Waals surface area contributed by atoms with E-state index in [4.69, 9.17) is 21.3 Å². The third-order valence-electron chi connectivity index (χ3n) is 7.68. The van der Waals surface area contributed by atoms with Crippen LogP contribution in [0.2, 0.25) is 0 Å². The number of aliphatic hydroxyl groups excluding tert-OH is 2. The first kappa shape index (κ1) is 29.6. The molecule has 2 aromatic rings. The normalized spacial score (nSPS) is 29.3. The molecule has 2 heterocycles. The number of terminal acetylenes is 1. The SMILES string of the molecule is C#CC[C@H]1C(=O)C(C)(C)[C@@H](O)CC(=O)O[C@H](c2ccc3oc(CN)nc3c2)C/C=C(/C)CCC[C@H](C)[C@@H]1O. The van der Waals surface area contributed by atoms with E-state index >= 15 is 0 Å². The van der Waals surface area contributed by atoms with Crippen molar-refractivity contribution in [3.63, 3.8) is 0 Å². The van der Waals surface area contributed by atoms with Gasteiger partial charge in [-0.15, -0.1) is 12.3 Å². The maximum Gasteiger partial charge on any atom is 0.309 e. The van der Waals surface area contributed by atoms with Crippen molar-refractivity contribution in [2.24, 2.45) is 23.0 Å². The van der Waals surface area contributed by atoms with Crippen LogP contribution in [0.5, 0.6) is 0 Å². The number of fused-ring (bicyclic) bond motifs is 1. The number of hydrogen-bond acceptors (Lipinski definition) is 8. The minimum atomic E-state index is -1.32. The Bertz CT molecular complexity index is 1210. The fraction of sp³-hybridized carbons (Fsp3) is 0.567. The maximum atomic E-state index is 13.5. The second-order valence-electron chi connectivity index (χ2n) is 11.0. The summed E-state index contributed by atoms with van der Waals surface area (Å²) in [6.07, 6.45) is 7.16. The second-order valence-corrected chi connectivity index (χ2v) is 11.0. The third-order valence-corrected chi connectivity index (χ3v) is 7.68. The van der Waals surface area contributed by atoms with Crippen LogP contribution in [0.3, 0.4) is 0 Å². The Morgan fingerprint density at radius 1 is 1.26 bits per heavy atom. The predicted octanol–water partition coefficient (Wildman–Crippen LogP) is 4.37. The lowest BCUT2D eigenvalue weighted by Crippen LogP contribution is -2.46. The molecule has 0 fully saturated rings. The van der Waals surface area contributed by atoms with Gasteiger partial charge in [-0.05, 0) is 49.8 Å². The summed E-state index contributed by atoms with van der Waals surface area (Å²) >= 11 is 0. The van der Waals surface area contributed by atoms with E-state index < -0.39 is 35.6 Å². The highest BCUT2D eigenvalue weighted by Gasteiger charge is 2.43. The average molecular weight is 525 g/mol. The van der Waals surface area contributed by atoms with Crippen molar-refractivity contribution >= 4 is 22.9 Å². The number of carbonyl (C=O) groups is 2. The smallest absolute Gasteiger partial charge is 0.309 e. The molecule has 0 saturated carbocycles. The number of ketones is 1. The number of benzene rings is 1. The number of rotatable bonds is 3. The number of carbonyl (C=O) groups excluding carboxylic acids is 2. The standard InChI is InChI=1S/C30H40N2O6/c1-6-8-21-28(35)19(3)10-7-9-18(2)11-13-23(38-27(34)16-25(33)30(4,5)29(21)36)20-12-14-24-22(15-20)32-26(17-31)37-24/h1,11-12,14-15,19,21,23,25,28,33,35H,7-10,13,16-17,31H2,2-5H3/b18-11-/t19-,21+,23-,25-,28-/m0/s1. The van der Waals surface area contributed by atoms with Gasteiger partial charge in [0.1, 0.15) is 17.4 Å². The molecule has 1 aliphatic rings. The van der Waals surface area contributed by atoms with Crippen LogP contribution in [0.4, 0.5) is 0 Å². The van der Waals surface area contributed by atoms with E-state index in [1.165, 1.54) is 0 Å². The van der Waals surface area contributed by atoms with Gasteiger partial charge in [0.2, 0.25) is 5.89 Å². The van der Waals surface area contributed by atoms with Crippen LogP contribution in [0, 0.1) is 29.6 Å². The summed E-state index contributed by atoms with van der Waals surface area (Å²) in [6, 6.07) is 5.41. The number of oxazole rings is 1. The van der Waals surface area contributed by atoms with Crippen molar-refractivity contribution in [3.05, 3.63) is 41.3 Å². The molecule has 4 N–H and O–H groups in total. The van der Waals surface area contributed by atoms with Gasteiger partial charge in [-0.25, -0.2) is 4.98 Å². The molecule has 0 amide bonds. The maximum absolute atomic E-state index is 13.5. The fourth-order valence-electron chi connectivity index (χ4n) is 4.97. The van der Waals surface area contributed by atoms with E-state index in [9.17, 15) is 19.8 Å². The van der Waals surface area contributed by atoms with Gasteiger partial charge >= 0.3 is 5.97 Å². The molecule has 38 heavy (non-hydrogen) atoms. The molecule has 0 spiro atoms. The number of aliphatic hydroxyl groups is 2. The zero-order chi connectivity index (χ0) is 28.0. The average Bonchev–Trinajstić information content (AvgIpc) is 3.30. The quantitative estimate of drug-likeness (QED) is 0.306. The summed E-state index contributed by atoms with van der Waals surface area (Å²) in [5, 5.41) is 22.0. The molecule has 5 atom stereocenters. The molecule has 1 aliphatic heterocycles. The first-order valence-electron chi connectivity index (χ1n) is 13.3. The largest absolute Gasteiger partial charge is 0.457 e. The fourth-order valence-corrected chi connectivity index (χ4v) is 4.97. The molecule has 206 valence electrons. The van der Waals surface area contributed by atoms with E-state index in [1.807, 2.05) is 32.1 Å². The summed E-state index contributed by atoms with van der Waals surface area (Å²) in [5.74, 6) is 0.936. The predicted molar refractivity (Wildman–Crippen MR) is 144 cm³/mol. The van der Waals surface area contributed by atoms with Crippen molar-refractivity contribution in [2.45, 2.75) is 91.1 Å². The Morgan fingerprint density at radius 3 is 2.68 bits per heavy atom. The molecular weight excluding hydrogens is 484 g/mol. The van der Waals surface area contributed by atoms with Gasteiger partial charge in [0.25, 0.3) is 0 Å². The van der Waals surface area contributed by atoms with Crippen LogP contribution < -0.4 is 5.73 Å². The zero-order valence-electron chi connectivity index (χ0n) is 22.8. The lowest BCUT2D eigenvalue weighted by molar-refractivity contribution is -0.156. The number of aromatic nitrogens is 1. The molecule has 0 aliphatic carbocycles. The highest BCUT2D eigenvalue weighted by atomic mass is 16.5. The van der Waals surface area contributed by atoms with E-state index in [1.54, 1.807) is 19.9 Å². The molecular formula is C30H40N2O6. The summed E-state index contributed by atoms with van der Waals surface area (Å²) < 4.78 is 11.5. The Hall–Kier alpha value is -2.99. The van der Waals surface area contributed by atoms with Crippen LogP contribution >= 0.6 is 0 Å². The van der Waals surface area contributed by atoms with Crippen molar-refractivity contribution in [2.75, 3.05) is 0 Å². The summed E-state index contributed by atoms with van der Waals surface area (Å²) in [4.78, 5) is 30.9. The van der Waals surface area contributed by atoms with Crippen LogP contribution in [0.15, 0.2) is 34.3 Å². The number of hydrogen-bond donors (Lipinski definition) is 3. The van der Waals surface area contributed by atoms with Gasteiger partial charge in [0.05, 0.1) is 36.5 Å². The molecule has 0 bridgehead atoms. The summed E-state index contributed by atoms with van der Waals surface area (Å²) in [5.41, 5.74) is 7.41. The van der Waals surface area contributed by atoms with E-state index in [-0.39, 0.29) is 31.1 Å². The molecule has 8 heteroatoms. The molecule has 3 rings (SSSR count). The third kappa shape index (κ3) is 6.90. The monoisotopic (exact) mass is 524 g/mol. The first-order chi connectivity index (χ1) is 18.0. The summed E-state index contributed by atoms with van der Waals surface area (Å²) in [6.45, 7) is 7.27. The molecule has 0 unspecified atom stereocenters. The van der Waals surface area contributed by atoms with Crippen LogP contribution in [0.1, 0.15) is 83.8 Å². The first-order valence-corrected chi connectivity index (χ1v) is 13.3. The highest BCUT2D eigenvalue weighted by Crippen LogP contribution is 2.35. The molecule has 0 radical (unpaired) electrons. The molecule has 0 saturated heterocycles. The Balaban J connectivity index is 1.94. The number of ether oxygens (including phenoxy) is 1. The second kappa shape index (κ2) is 12.7. The molecule has 8 nitrogen and oxygen atoms in total. The van der Waals surface area contributed by atoms with E-state index in [2.05, 4.69) is 10.9 Å². The van der Waals surface area contributed by atoms with Crippen molar-refractivity contribution < 1.29 is 29.0 Å². The lowest BCUT2D eigenvalue weighted by Gasteiger charge is -2.35. The lowest BCUT2D eigenvalue weighted by atomic mass is 9.71. The Morgan fingerprint density at radius 2 is 2.00 bits per heavy atom. The van der Waals surface area contributed by atoms with Crippen LogP contribution in [-0.4, -0.2) is 39.2 Å². The number of Topliss-reactive ketones (excluding diaryl/α,β-unsaturated/α-hetero) is 1. The van der Waals surface area contributed by atoms with Gasteiger partial charge in [0, 0.05) is 12.8 Å². The van der Waals surface area contributed by atoms with Crippen molar-refractivity contribution in [3.8, 4) is 12.3 Å². The number of nitrogens with two attached hydrogens (primary N) is 1. The highest BCUT2D eigenvalue weighted by molar-refractivity contribution is 5.88. The Labute approximate surface area is 224 Å².